The highest BCUT2D eigenvalue weighted by Gasteiger charge is 2.28. The fourth-order valence-electron chi connectivity index (χ4n) is 2.09. The summed E-state index contributed by atoms with van der Waals surface area (Å²) in [5.41, 5.74) is 6.02. The smallest absolute Gasteiger partial charge is 0.239 e. The van der Waals surface area contributed by atoms with Gasteiger partial charge in [0.15, 0.2) is 0 Å². The molecule has 0 aliphatic carbocycles. The van der Waals surface area contributed by atoms with Gasteiger partial charge in [0.25, 0.3) is 0 Å². The van der Waals surface area contributed by atoms with Gasteiger partial charge in [-0.15, -0.1) is 0 Å². The quantitative estimate of drug-likeness (QED) is 0.680. The zero-order chi connectivity index (χ0) is 12.7. The lowest BCUT2D eigenvalue weighted by molar-refractivity contribution is -0.133. The number of amides is 1. The molecule has 0 radical (unpaired) electrons. The average molecular weight is 244 g/mol. The molecule has 1 heterocycles. The second-order valence-corrected chi connectivity index (χ2v) is 4.58. The van der Waals surface area contributed by atoms with Crippen LogP contribution < -0.4 is 5.73 Å². The van der Waals surface area contributed by atoms with E-state index in [1.54, 1.807) is 19.1 Å². The number of hydrogen-bond acceptors (Lipinski definition) is 4. The lowest BCUT2D eigenvalue weighted by Crippen LogP contribution is -2.48. The van der Waals surface area contributed by atoms with E-state index in [9.17, 15) is 4.79 Å². The highest BCUT2D eigenvalue weighted by Crippen LogP contribution is 2.18. The highest BCUT2D eigenvalue weighted by molar-refractivity contribution is 5.81. The van der Waals surface area contributed by atoms with Crippen LogP contribution in [0.2, 0.25) is 0 Å². The topological polar surface area (TPSA) is 64.8 Å². The van der Waals surface area contributed by atoms with Crippen LogP contribution in [0, 0.1) is 5.92 Å². The first kappa shape index (κ1) is 14.4. The highest BCUT2D eigenvalue weighted by atomic mass is 16.5. The number of methoxy groups -OCH3 is 1. The van der Waals surface area contributed by atoms with Gasteiger partial charge >= 0.3 is 0 Å². The normalized spacial score (nSPS) is 19.0. The summed E-state index contributed by atoms with van der Waals surface area (Å²) in [6.07, 6.45) is 2.62. The predicted molar refractivity (Wildman–Crippen MR) is 65.6 cm³/mol. The molecule has 1 aliphatic rings. The molecule has 0 aromatic carbocycles. The maximum Gasteiger partial charge on any atom is 0.239 e. The first-order valence-corrected chi connectivity index (χ1v) is 6.24. The minimum atomic E-state index is -0.383. The van der Waals surface area contributed by atoms with Crippen molar-refractivity contribution < 1.29 is 14.3 Å². The number of likely N-dealkylation sites (N-methyl/N-ethyl adjacent to an activating group) is 1. The Bertz CT molecular complexity index is 230. The number of carbonyl (C=O) groups excluding carboxylic acids is 1. The molecule has 1 unspecified atom stereocenters. The van der Waals surface area contributed by atoms with Crippen LogP contribution in [0.15, 0.2) is 0 Å². The fraction of sp³-hybridized carbons (Fsp3) is 0.917. The van der Waals surface area contributed by atoms with Crippen LogP contribution in [0.5, 0.6) is 0 Å². The summed E-state index contributed by atoms with van der Waals surface area (Å²) >= 11 is 0. The van der Waals surface area contributed by atoms with Crippen molar-refractivity contribution in [2.75, 3.05) is 40.5 Å². The standard InChI is InChI=1S/C12H24N2O3/c1-14(6-3-7-16-2)12(15)11(13)10-4-8-17-9-5-10/h10-11H,3-9,13H2,1-2H3. The Labute approximate surface area is 103 Å². The molecule has 0 saturated carbocycles. The summed E-state index contributed by atoms with van der Waals surface area (Å²) < 4.78 is 10.2. The van der Waals surface area contributed by atoms with Crippen LogP contribution in [0.4, 0.5) is 0 Å². The van der Waals surface area contributed by atoms with E-state index in [0.717, 1.165) is 32.5 Å². The summed E-state index contributed by atoms with van der Waals surface area (Å²) in [7, 11) is 3.47. The van der Waals surface area contributed by atoms with Crippen LogP contribution in [0.25, 0.3) is 0 Å². The predicted octanol–water partition coefficient (Wildman–Crippen LogP) is 0.235. The third kappa shape index (κ3) is 4.61. The monoisotopic (exact) mass is 244 g/mol. The SMILES string of the molecule is COCCCN(C)C(=O)C(N)C1CCOCC1. The van der Waals surface area contributed by atoms with Crippen LogP contribution in [-0.2, 0) is 14.3 Å². The van der Waals surface area contributed by atoms with Gasteiger partial charge in [0.2, 0.25) is 5.91 Å². The van der Waals surface area contributed by atoms with Gasteiger partial charge in [0, 0.05) is 40.5 Å². The van der Waals surface area contributed by atoms with Crippen LogP contribution in [0.1, 0.15) is 19.3 Å². The molecular formula is C12H24N2O3. The van der Waals surface area contributed by atoms with E-state index in [1.165, 1.54) is 0 Å². The summed E-state index contributed by atoms with van der Waals surface area (Å²) in [5, 5.41) is 0. The van der Waals surface area contributed by atoms with E-state index in [4.69, 9.17) is 15.2 Å². The molecule has 1 fully saturated rings. The molecule has 0 spiro atoms. The number of carbonyl (C=O) groups is 1. The summed E-state index contributed by atoms with van der Waals surface area (Å²) in [6, 6.07) is -0.383. The minimum absolute atomic E-state index is 0.0352. The van der Waals surface area contributed by atoms with E-state index in [1.807, 2.05) is 0 Å². The van der Waals surface area contributed by atoms with Crippen molar-refractivity contribution in [3.05, 3.63) is 0 Å². The Morgan fingerprint density at radius 2 is 2.18 bits per heavy atom. The third-order valence-corrected chi connectivity index (χ3v) is 3.28. The maximum atomic E-state index is 12.1. The zero-order valence-corrected chi connectivity index (χ0v) is 10.9. The van der Waals surface area contributed by atoms with Gasteiger partial charge in [-0.1, -0.05) is 0 Å². The summed E-state index contributed by atoms with van der Waals surface area (Å²) in [6.45, 7) is 2.81. The summed E-state index contributed by atoms with van der Waals surface area (Å²) in [4.78, 5) is 13.8. The van der Waals surface area contributed by atoms with E-state index in [2.05, 4.69) is 0 Å². The van der Waals surface area contributed by atoms with Crippen molar-refractivity contribution in [2.24, 2.45) is 11.7 Å². The van der Waals surface area contributed by atoms with Crippen LogP contribution in [-0.4, -0.2) is 57.4 Å². The number of nitrogens with zero attached hydrogens (tertiary/aromatic N) is 1. The number of nitrogens with two attached hydrogens (primary N) is 1. The van der Waals surface area contributed by atoms with Crippen molar-refractivity contribution in [3.63, 3.8) is 0 Å². The van der Waals surface area contributed by atoms with Gasteiger partial charge in [0.1, 0.15) is 0 Å². The first-order valence-electron chi connectivity index (χ1n) is 6.24. The van der Waals surface area contributed by atoms with E-state index in [-0.39, 0.29) is 17.9 Å². The maximum absolute atomic E-state index is 12.1. The lowest BCUT2D eigenvalue weighted by Gasteiger charge is -2.29. The van der Waals surface area contributed by atoms with Crippen LogP contribution in [0.3, 0.4) is 0 Å². The summed E-state index contributed by atoms with van der Waals surface area (Å²) in [5.74, 6) is 0.300. The van der Waals surface area contributed by atoms with Crippen LogP contribution >= 0.6 is 0 Å². The molecule has 0 aromatic rings. The fourth-order valence-corrected chi connectivity index (χ4v) is 2.09. The largest absolute Gasteiger partial charge is 0.385 e. The van der Waals surface area contributed by atoms with Gasteiger partial charge in [-0.3, -0.25) is 4.79 Å². The molecule has 1 rings (SSSR count). The molecule has 2 N–H and O–H groups in total. The Morgan fingerprint density at radius 1 is 1.53 bits per heavy atom. The number of ether oxygens (including phenoxy) is 2. The lowest BCUT2D eigenvalue weighted by atomic mass is 9.91. The molecule has 5 nitrogen and oxygen atoms in total. The van der Waals surface area contributed by atoms with Crippen molar-refractivity contribution >= 4 is 5.91 Å². The molecule has 1 atom stereocenters. The van der Waals surface area contributed by atoms with Gasteiger partial charge in [-0.05, 0) is 25.2 Å². The molecular weight excluding hydrogens is 220 g/mol. The van der Waals surface area contributed by atoms with E-state index < -0.39 is 0 Å². The van der Waals surface area contributed by atoms with Crippen molar-refractivity contribution in [2.45, 2.75) is 25.3 Å². The molecule has 1 aliphatic heterocycles. The van der Waals surface area contributed by atoms with Crippen molar-refractivity contribution in [1.29, 1.82) is 0 Å². The average Bonchev–Trinajstić information content (AvgIpc) is 2.38. The second-order valence-electron chi connectivity index (χ2n) is 4.58. The second kappa shape index (κ2) is 7.63. The molecule has 17 heavy (non-hydrogen) atoms. The van der Waals surface area contributed by atoms with E-state index in [0.29, 0.717) is 13.2 Å². The van der Waals surface area contributed by atoms with Gasteiger partial charge < -0.3 is 20.1 Å². The molecule has 0 bridgehead atoms. The molecule has 5 heteroatoms. The molecule has 1 saturated heterocycles. The first-order chi connectivity index (χ1) is 8.16. The van der Waals surface area contributed by atoms with Gasteiger partial charge in [-0.2, -0.15) is 0 Å². The Balaban J connectivity index is 2.33. The van der Waals surface area contributed by atoms with Crippen molar-refractivity contribution in [1.82, 2.24) is 4.90 Å². The Hall–Kier alpha value is -0.650. The van der Waals surface area contributed by atoms with Gasteiger partial charge in [0.05, 0.1) is 6.04 Å². The van der Waals surface area contributed by atoms with E-state index >= 15 is 0 Å². The zero-order valence-electron chi connectivity index (χ0n) is 10.9. The minimum Gasteiger partial charge on any atom is -0.385 e. The number of rotatable bonds is 6. The van der Waals surface area contributed by atoms with Crippen molar-refractivity contribution in [3.8, 4) is 0 Å². The Morgan fingerprint density at radius 3 is 2.76 bits per heavy atom. The third-order valence-electron chi connectivity index (χ3n) is 3.28. The number of hydrogen-bond donors (Lipinski definition) is 1. The molecule has 100 valence electrons. The molecule has 1 amide bonds. The molecule has 0 aromatic heterocycles. The van der Waals surface area contributed by atoms with Gasteiger partial charge in [-0.25, -0.2) is 0 Å². The Kier molecular flexibility index (Phi) is 6.47.